The number of azo groups is 1. The topological polar surface area (TPSA) is 123 Å². The summed E-state index contributed by atoms with van der Waals surface area (Å²) in [6.07, 6.45) is 2.40. The lowest BCUT2D eigenvalue weighted by Crippen LogP contribution is -2.49. The van der Waals surface area contributed by atoms with Crippen LogP contribution in [-0.4, -0.2) is 42.8 Å². The van der Waals surface area contributed by atoms with Gasteiger partial charge in [0, 0.05) is 31.1 Å². The fourth-order valence-electron chi connectivity index (χ4n) is 9.64. The number of halogens is 2. The molecule has 0 bridgehead atoms. The number of phenolic OH excluding ortho intramolecular Hbond substituents is 1. The highest BCUT2D eigenvalue weighted by Crippen LogP contribution is 2.64. The Bertz CT molecular complexity index is 2590. The number of benzene rings is 5. The van der Waals surface area contributed by atoms with Crippen LogP contribution in [0.4, 0.5) is 32.8 Å². The SMILES string of the molecule is CN(C)c1ccc(N=Nc2ccc(N3C(=O)[C@H]4[C@H](CC=C5[C@H]4C[C@H]4C(=O)N(c6ccc(F)c(Cl)c6)C(=O)[C@@]4(C)[C@H]5c4ccc(O)c5ccccc45)C3=O)cc2)cc1. The third-order valence-corrected chi connectivity index (χ3v) is 12.7. The Hall–Kier alpha value is -6.20. The van der Waals surface area contributed by atoms with E-state index in [1.807, 2.05) is 67.5 Å². The molecule has 4 aliphatic rings. The number of aromatic hydroxyl groups is 1. The molecule has 9 rings (SSSR count). The maximum Gasteiger partial charge on any atom is 0.241 e. The minimum absolute atomic E-state index is 0.0656. The van der Waals surface area contributed by atoms with E-state index in [0.29, 0.717) is 27.8 Å². The number of imide groups is 2. The summed E-state index contributed by atoms with van der Waals surface area (Å²) in [5.74, 6) is -5.87. The number of fused-ring (bicyclic) bond motifs is 5. The highest BCUT2D eigenvalue weighted by Gasteiger charge is 2.67. The van der Waals surface area contributed by atoms with Crippen LogP contribution in [0.15, 0.2) is 125 Å². The lowest BCUT2D eigenvalue weighted by atomic mass is 9.51. The Kier molecular flexibility index (Phi) is 8.62. The van der Waals surface area contributed by atoms with Gasteiger partial charge in [0.25, 0.3) is 0 Å². The van der Waals surface area contributed by atoms with Crippen molar-refractivity contribution in [1.29, 1.82) is 0 Å². The molecule has 2 saturated heterocycles. The lowest BCUT2D eigenvalue weighted by molar-refractivity contribution is -0.131. The van der Waals surface area contributed by atoms with Gasteiger partial charge in [-0.25, -0.2) is 9.29 Å². The third kappa shape index (κ3) is 5.58. The molecular formula is C45H37ClFN5O5. The van der Waals surface area contributed by atoms with Gasteiger partial charge < -0.3 is 10.0 Å². The largest absolute Gasteiger partial charge is 0.507 e. The van der Waals surface area contributed by atoms with Crippen molar-refractivity contribution in [2.24, 2.45) is 39.3 Å². The Morgan fingerprint density at radius 3 is 2.09 bits per heavy atom. The molecular weight excluding hydrogens is 745 g/mol. The molecule has 1 saturated carbocycles. The average Bonchev–Trinajstić information content (AvgIpc) is 3.58. The van der Waals surface area contributed by atoms with Gasteiger partial charge in [-0.2, -0.15) is 10.2 Å². The quantitative estimate of drug-likeness (QED) is 0.104. The highest BCUT2D eigenvalue weighted by atomic mass is 35.5. The van der Waals surface area contributed by atoms with Gasteiger partial charge in [-0.1, -0.05) is 53.6 Å². The predicted molar refractivity (Wildman–Crippen MR) is 216 cm³/mol. The van der Waals surface area contributed by atoms with Crippen LogP contribution in [0, 0.1) is 34.9 Å². The van der Waals surface area contributed by atoms with Crippen molar-refractivity contribution < 1.29 is 28.7 Å². The number of carbonyl (C=O) groups excluding carboxylic acids is 4. The minimum atomic E-state index is -1.34. The molecule has 286 valence electrons. The smallest absolute Gasteiger partial charge is 0.241 e. The molecule has 6 atom stereocenters. The first-order valence-electron chi connectivity index (χ1n) is 18.8. The number of hydrogen-bond acceptors (Lipinski definition) is 8. The summed E-state index contributed by atoms with van der Waals surface area (Å²) in [7, 11) is 3.91. The Morgan fingerprint density at radius 2 is 1.42 bits per heavy atom. The number of amides is 4. The standard InChI is InChI=1S/C45H37ClFN5O5/c1-45-35(42(55)52(44(45)57)28-16-20-37(47)36(46)22-28)23-34-32(40(45)31-19-21-38(53)30-7-5-4-6-29(30)31)17-18-33-39(34)43(56)51(41(33)54)27-14-10-25(11-15-27)49-48-24-8-12-26(13-9-24)50(2)3/h4-17,19-22,33-35,39-40,53H,18,23H2,1-3H3/t33-,34+,35-,39-,40-,45+/m0/s1. The van der Waals surface area contributed by atoms with E-state index in [-0.39, 0.29) is 41.1 Å². The first-order chi connectivity index (χ1) is 27.4. The maximum atomic E-state index is 14.8. The molecule has 2 aliphatic heterocycles. The Balaban J connectivity index is 1.09. The summed E-state index contributed by atoms with van der Waals surface area (Å²) in [4.78, 5) is 62.6. The average molecular weight is 782 g/mol. The molecule has 12 heteroatoms. The molecule has 57 heavy (non-hydrogen) atoms. The van der Waals surface area contributed by atoms with Gasteiger partial charge in [-0.3, -0.25) is 24.1 Å². The molecule has 0 unspecified atom stereocenters. The van der Waals surface area contributed by atoms with Crippen molar-refractivity contribution in [1.82, 2.24) is 0 Å². The molecule has 5 aromatic rings. The number of hydrogen-bond donors (Lipinski definition) is 1. The second-order valence-corrected chi connectivity index (χ2v) is 16.0. The van der Waals surface area contributed by atoms with Gasteiger partial charge in [-0.05, 0) is 109 Å². The third-order valence-electron chi connectivity index (χ3n) is 12.4. The first kappa shape index (κ1) is 36.4. The summed E-state index contributed by atoms with van der Waals surface area (Å²) in [6.45, 7) is 1.78. The van der Waals surface area contributed by atoms with Crippen molar-refractivity contribution in [3.05, 3.63) is 131 Å². The molecule has 0 radical (unpaired) electrons. The zero-order valence-electron chi connectivity index (χ0n) is 31.3. The lowest BCUT2D eigenvalue weighted by Gasteiger charge is -2.49. The maximum absolute atomic E-state index is 14.8. The van der Waals surface area contributed by atoms with Crippen molar-refractivity contribution in [3.8, 4) is 5.75 Å². The van der Waals surface area contributed by atoms with Crippen LogP contribution in [0.25, 0.3) is 10.8 Å². The van der Waals surface area contributed by atoms with Gasteiger partial charge in [0.1, 0.15) is 11.6 Å². The number of nitrogens with zero attached hydrogens (tertiary/aromatic N) is 5. The predicted octanol–water partition coefficient (Wildman–Crippen LogP) is 9.25. The molecule has 1 N–H and O–H groups in total. The molecule has 3 fully saturated rings. The summed E-state index contributed by atoms with van der Waals surface area (Å²) in [5, 5.41) is 20.6. The second kappa shape index (κ2) is 13.5. The van der Waals surface area contributed by atoms with E-state index in [2.05, 4.69) is 10.2 Å². The van der Waals surface area contributed by atoms with E-state index in [1.54, 1.807) is 49.4 Å². The Labute approximate surface area is 332 Å². The molecule has 0 spiro atoms. The molecule has 2 heterocycles. The van der Waals surface area contributed by atoms with Crippen LogP contribution >= 0.6 is 11.6 Å². The number of allylic oxidation sites excluding steroid dienone is 2. The van der Waals surface area contributed by atoms with Crippen LogP contribution in [-0.2, 0) is 19.2 Å². The van der Waals surface area contributed by atoms with E-state index in [9.17, 15) is 28.7 Å². The molecule has 4 amide bonds. The van der Waals surface area contributed by atoms with Crippen LogP contribution in [0.2, 0.25) is 5.02 Å². The summed E-state index contributed by atoms with van der Waals surface area (Å²) in [6, 6.07) is 28.8. The summed E-state index contributed by atoms with van der Waals surface area (Å²) < 4.78 is 14.3. The van der Waals surface area contributed by atoms with Crippen molar-refractivity contribution in [3.63, 3.8) is 0 Å². The van der Waals surface area contributed by atoms with Gasteiger partial charge in [-0.15, -0.1) is 0 Å². The molecule has 2 aliphatic carbocycles. The minimum Gasteiger partial charge on any atom is -0.507 e. The van der Waals surface area contributed by atoms with Crippen LogP contribution in [0.5, 0.6) is 5.75 Å². The van der Waals surface area contributed by atoms with Gasteiger partial charge >= 0.3 is 0 Å². The van der Waals surface area contributed by atoms with E-state index in [1.165, 1.54) is 17.0 Å². The van der Waals surface area contributed by atoms with Crippen molar-refractivity contribution in [2.75, 3.05) is 28.8 Å². The number of anilines is 3. The normalized spacial score (nSPS) is 25.6. The molecule has 10 nitrogen and oxygen atoms in total. The Morgan fingerprint density at radius 1 is 0.772 bits per heavy atom. The molecule has 5 aromatic carbocycles. The zero-order chi connectivity index (χ0) is 39.9. The summed E-state index contributed by atoms with van der Waals surface area (Å²) in [5.41, 5.74) is 3.01. The monoisotopic (exact) mass is 781 g/mol. The summed E-state index contributed by atoms with van der Waals surface area (Å²) >= 11 is 6.15. The highest BCUT2D eigenvalue weighted by molar-refractivity contribution is 6.32. The first-order valence-corrected chi connectivity index (χ1v) is 19.2. The van der Waals surface area contributed by atoms with Crippen molar-refractivity contribution in [2.45, 2.75) is 25.7 Å². The van der Waals surface area contributed by atoms with E-state index >= 15 is 0 Å². The number of rotatable bonds is 6. The van der Waals surface area contributed by atoms with E-state index in [0.717, 1.165) is 27.8 Å². The van der Waals surface area contributed by atoms with Crippen LogP contribution in [0.3, 0.4) is 0 Å². The van der Waals surface area contributed by atoms with Gasteiger partial charge in [0.05, 0.1) is 50.9 Å². The number of carbonyl (C=O) groups is 4. The van der Waals surface area contributed by atoms with Gasteiger partial charge in [0.15, 0.2) is 0 Å². The second-order valence-electron chi connectivity index (χ2n) is 15.6. The fourth-order valence-corrected chi connectivity index (χ4v) is 9.82. The zero-order valence-corrected chi connectivity index (χ0v) is 32.0. The molecule has 0 aromatic heterocycles. The van der Waals surface area contributed by atoms with Gasteiger partial charge in [0.2, 0.25) is 23.6 Å². The van der Waals surface area contributed by atoms with E-state index < -0.39 is 52.6 Å². The van der Waals surface area contributed by atoms with E-state index in [4.69, 9.17) is 11.6 Å². The number of phenols is 1. The van der Waals surface area contributed by atoms with Crippen molar-refractivity contribution >= 4 is 74.4 Å². The van der Waals surface area contributed by atoms with Crippen LogP contribution < -0.4 is 14.7 Å². The van der Waals surface area contributed by atoms with Crippen LogP contribution in [0.1, 0.15) is 31.2 Å². The fraction of sp³-hybridized carbons (Fsp3) is 0.244.